The van der Waals surface area contributed by atoms with Crippen LogP contribution in [0.25, 0.3) is 0 Å². The van der Waals surface area contributed by atoms with Gasteiger partial charge in [0.05, 0.1) is 0 Å². The van der Waals surface area contributed by atoms with Crippen LogP contribution in [0.4, 0.5) is 0 Å². The molecule has 2 fully saturated rings. The van der Waals surface area contributed by atoms with E-state index in [-0.39, 0.29) is 12.6 Å². The molecule has 2 rings (SSSR count). The van der Waals surface area contributed by atoms with Crippen LogP contribution in [0.2, 0.25) is 0 Å². The second-order valence-electron chi connectivity index (χ2n) is 9.80. The van der Waals surface area contributed by atoms with E-state index in [0.717, 1.165) is 19.3 Å². The zero-order valence-electron chi connectivity index (χ0n) is 20.4. The summed E-state index contributed by atoms with van der Waals surface area (Å²) in [6, 6.07) is 0. The summed E-state index contributed by atoms with van der Waals surface area (Å²) in [4.78, 5) is 11.9. The molecular formula is C25H46O7. The molecule has 0 aromatic heterocycles. The van der Waals surface area contributed by atoms with Gasteiger partial charge in [-0.3, -0.25) is 4.79 Å². The van der Waals surface area contributed by atoms with Gasteiger partial charge in [0.1, 0.15) is 31.0 Å². The predicted molar refractivity (Wildman–Crippen MR) is 122 cm³/mol. The van der Waals surface area contributed by atoms with Gasteiger partial charge < -0.3 is 29.2 Å². The number of aliphatic hydroxyl groups is 2. The van der Waals surface area contributed by atoms with Crippen LogP contribution in [0.1, 0.15) is 111 Å². The van der Waals surface area contributed by atoms with Crippen LogP contribution in [-0.2, 0) is 23.7 Å². The van der Waals surface area contributed by atoms with Crippen molar-refractivity contribution in [1.29, 1.82) is 0 Å². The zero-order valence-corrected chi connectivity index (χ0v) is 20.4. The third kappa shape index (κ3) is 9.64. The maximum Gasteiger partial charge on any atom is 0.305 e. The van der Waals surface area contributed by atoms with Gasteiger partial charge in [0.15, 0.2) is 12.1 Å². The lowest BCUT2D eigenvalue weighted by molar-refractivity contribution is -0.228. The minimum atomic E-state index is -1.12. The Kier molecular flexibility index (Phi) is 12.5. The van der Waals surface area contributed by atoms with Crippen molar-refractivity contribution >= 4 is 5.97 Å². The first kappa shape index (κ1) is 27.5. The van der Waals surface area contributed by atoms with Crippen LogP contribution in [0, 0.1) is 0 Å². The predicted octanol–water partition coefficient (Wildman–Crippen LogP) is 4.61. The van der Waals surface area contributed by atoms with Crippen LogP contribution in [0.15, 0.2) is 0 Å². The first-order valence-electron chi connectivity index (χ1n) is 12.9. The summed E-state index contributed by atoms with van der Waals surface area (Å²) in [7, 11) is 0. The van der Waals surface area contributed by atoms with E-state index >= 15 is 0 Å². The molecule has 0 radical (unpaired) electrons. The molecule has 32 heavy (non-hydrogen) atoms. The molecule has 0 saturated carbocycles. The molecule has 2 saturated heterocycles. The van der Waals surface area contributed by atoms with Crippen molar-refractivity contribution in [2.24, 2.45) is 0 Å². The van der Waals surface area contributed by atoms with Crippen molar-refractivity contribution in [3.05, 3.63) is 0 Å². The molecule has 2 heterocycles. The SMILES string of the molecule is CCCCCCCCCCCCCCCC(=O)OC[C@@H](O)[C@H]1OC2OC(C)(C)O[C@@H]2[C@H]1O. The molecule has 2 aliphatic heterocycles. The number of unbranched alkanes of at least 4 members (excludes halogenated alkanes) is 12. The van der Waals surface area contributed by atoms with E-state index in [1.165, 1.54) is 64.2 Å². The van der Waals surface area contributed by atoms with Crippen LogP contribution in [-0.4, -0.2) is 59.3 Å². The Morgan fingerprint density at radius 1 is 0.906 bits per heavy atom. The van der Waals surface area contributed by atoms with Gasteiger partial charge in [-0.15, -0.1) is 0 Å². The Hall–Kier alpha value is -0.730. The van der Waals surface area contributed by atoms with Crippen molar-refractivity contribution in [3.8, 4) is 0 Å². The summed E-state index contributed by atoms with van der Waals surface area (Å²) >= 11 is 0. The Morgan fingerprint density at radius 2 is 1.44 bits per heavy atom. The summed E-state index contributed by atoms with van der Waals surface area (Å²) in [6.45, 7) is 5.53. The van der Waals surface area contributed by atoms with E-state index in [4.69, 9.17) is 18.9 Å². The average Bonchev–Trinajstić information content (AvgIpc) is 3.22. The van der Waals surface area contributed by atoms with E-state index in [9.17, 15) is 15.0 Å². The fourth-order valence-electron chi connectivity index (χ4n) is 4.47. The molecule has 0 bridgehead atoms. The van der Waals surface area contributed by atoms with E-state index < -0.39 is 36.5 Å². The summed E-state index contributed by atoms with van der Waals surface area (Å²) in [6.07, 6.45) is 12.3. The second-order valence-corrected chi connectivity index (χ2v) is 9.80. The maximum atomic E-state index is 11.9. The van der Waals surface area contributed by atoms with Crippen molar-refractivity contribution < 1.29 is 34.0 Å². The van der Waals surface area contributed by atoms with Gasteiger partial charge in [-0.25, -0.2) is 0 Å². The normalized spacial score (nSPS) is 27.4. The quantitative estimate of drug-likeness (QED) is 0.243. The molecule has 0 aromatic rings. The molecule has 2 N–H and O–H groups in total. The van der Waals surface area contributed by atoms with Gasteiger partial charge in [0.2, 0.25) is 0 Å². The lowest BCUT2D eigenvalue weighted by atomic mass is 10.0. The molecule has 0 aliphatic carbocycles. The molecule has 188 valence electrons. The number of carbonyl (C=O) groups excluding carboxylic acids is 1. The fourth-order valence-corrected chi connectivity index (χ4v) is 4.47. The summed E-state index contributed by atoms with van der Waals surface area (Å²) in [5.74, 6) is -1.15. The maximum absolute atomic E-state index is 11.9. The van der Waals surface area contributed by atoms with Gasteiger partial charge in [-0.2, -0.15) is 0 Å². The highest BCUT2D eigenvalue weighted by molar-refractivity contribution is 5.69. The van der Waals surface area contributed by atoms with Gasteiger partial charge >= 0.3 is 5.97 Å². The Balaban J connectivity index is 1.42. The minimum absolute atomic E-state index is 0.207. The molecule has 7 nitrogen and oxygen atoms in total. The standard InChI is InChI=1S/C25H46O7/c1-4-5-6-7-8-9-10-11-12-13-14-15-16-17-20(27)29-18-19(26)22-21(28)23-24(30-22)32-25(2,3)31-23/h19,21-24,26,28H,4-18H2,1-3H3/t19-,21+,22-,23-,24?/m1/s1. The van der Waals surface area contributed by atoms with Crippen molar-refractivity contribution in [2.75, 3.05) is 6.61 Å². The zero-order chi connectivity index (χ0) is 23.4. The van der Waals surface area contributed by atoms with Gasteiger partial charge in [0.25, 0.3) is 0 Å². The fraction of sp³-hybridized carbons (Fsp3) is 0.960. The van der Waals surface area contributed by atoms with E-state index in [1.54, 1.807) is 13.8 Å². The number of esters is 1. The molecule has 5 atom stereocenters. The minimum Gasteiger partial charge on any atom is -0.463 e. The Bertz CT molecular complexity index is 524. The average molecular weight is 459 g/mol. The topological polar surface area (TPSA) is 94.5 Å². The third-order valence-corrected chi connectivity index (χ3v) is 6.33. The number of rotatable bonds is 17. The van der Waals surface area contributed by atoms with E-state index in [2.05, 4.69) is 6.92 Å². The van der Waals surface area contributed by atoms with Crippen molar-refractivity contribution in [1.82, 2.24) is 0 Å². The molecule has 7 heteroatoms. The third-order valence-electron chi connectivity index (χ3n) is 6.33. The highest BCUT2D eigenvalue weighted by Gasteiger charge is 2.56. The second kappa shape index (κ2) is 14.5. The monoisotopic (exact) mass is 458 g/mol. The molecule has 0 spiro atoms. The molecule has 0 aromatic carbocycles. The lowest BCUT2D eigenvalue weighted by Gasteiger charge is -2.25. The van der Waals surface area contributed by atoms with Crippen LogP contribution in [0.5, 0.6) is 0 Å². The highest BCUT2D eigenvalue weighted by atomic mass is 16.8. The largest absolute Gasteiger partial charge is 0.463 e. The number of carbonyl (C=O) groups is 1. The molecular weight excluding hydrogens is 412 g/mol. The highest BCUT2D eigenvalue weighted by Crippen LogP contribution is 2.38. The first-order chi connectivity index (χ1) is 15.3. The van der Waals surface area contributed by atoms with Gasteiger partial charge in [0, 0.05) is 6.42 Å². The van der Waals surface area contributed by atoms with E-state index in [0.29, 0.717) is 6.42 Å². The Morgan fingerprint density at radius 3 is 1.97 bits per heavy atom. The van der Waals surface area contributed by atoms with Gasteiger partial charge in [-0.1, -0.05) is 84.0 Å². The lowest BCUT2D eigenvalue weighted by Crippen LogP contribution is -2.43. The summed E-state index contributed by atoms with van der Waals surface area (Å²) in [5, 5.41) is 20.6. The Labute approximate surface area is 194 Å². The van der Waals surface area contributed by atoms with Gasteiger partial charge in [-0.05, 0) is 20.3 Å². The smallest absolute Gasteiger partial charge is 0.305 e. The number of hydrogen-bond acceptors (Lipinski definition) is 7. The van der Waals surface area contributed by atoms with Crippen LogP contribution in [0.3, 0.4) is 0 Å². The molecule has 2 aliphatic rings. The van der Waals surface area contributed by atoms with Crippen LogP contribution < -0.4 is 0 Å². The number of hydrogen-bond donors (Lipinski definition) is 2. The molecule has 0 amide bonds. The number of ether oxygens (including phenoxy) is 4. The molecule has 1 unspecified atom stereocenters. The number of fused-ring (bicyclic) bond motifs is 1. The van der Waals surface area contributed by atoms with Crippen molar-refractivity contribution in [3.63, 3.8) is 0 Å². The summed E-state index contributed by atoms with van der Waals surface area (Å²) < 4.78 is 21.9. The number of aliphatic hydroxyl groups excluding tert-OH is 2. The van der Waals surface area contributed by atoms with E-state index in [1.807, 2.05) is 0 Å². The summed E-state index contributed by atoms with van der Waals surface area (Å²) in [5.41, 5.74) is 0. The first-order valence-corrected chi connectivity index (χ1v) is 12.9. The van der Waals surface area contributed by atoms with Crippen molar-refractivity contribution in [2.45, 2.75) is 147 Å². The van der Waals surface area contributed by atoms with Crippen LogP contribution >= 0.6 is 0 Å².